The first-order valence-electron chi connectivity index (χ1n) is 6.84. The quantitative estimate of drug-likeness (QED) is 0.534. The molecule has 2 unspecified atom stereocenters. The molecule has 1 aliphatic heterocycles. The number of rotatable bonds is 1. The minimum Gasteiger partial charge on any atom is -0.331 e. The van der Waals surface area contributed by atoms with Gasteiger partial charge in [-0.15, -0.1) is 0 Å². The highest BCUT2D eigenvalue weighted by Gasteiger charge is 2.54. The molecule has 1 aromatic rings. The van der Waals surface area contributed by atoms with Gasteiger partial charge in [0.15, 0.2) is 5.78 Å². The molecule has 1 spiro atoms. The van der Waals surface area contributed by atoms with Crippen LogP contribution in [-0.2, 0) is 9.59 Å². The van der Waals surface area contributed by atoms with Crippen molar-refractivity contribution in [2.24, 2.45) is 0 Å². The van der Waals surface area contributed by atoms with Gasteiger partial charge >= 0.3 is 0 Å². The number of likely N-dealkylation sites (tertiary alicyclic amines) is 1. The van der Waals surface area contributed by atoms with E-state index in [2.05, 4.69) is 28.7 Å². The topological polar surface area (TPSA) is 61.2 Å². The molecule has 0 radical (unpaired) electrons. The van der Waals surface area contributed by atoms with E-state index in [0.717, 1.165) is 5.56 Å². The van der Waals surface area contributed by atoms with E-state index in [1.807, 2.05) is 24.3 Å². The van der Waals surface area contributed by atoms with Gasteiger partial charge in [0, 0.05) is 13.0 Å². The number of halogens is 1. The summed E-state index contributed by atoms with van der Waals surface area (Å²) in [6.07, 6.45) is 6.67. The third kappa shape index (κ3) is 2.10. The van der Waals surface area contributed by atoms with Crippen LogP contribution in [0, 0.1) is 11.3 Å². The van der Waals surface area contributed by atoms with Gasteiger partial charge in [0.1, 0.15) is 0 Å². The molecule has 22 heavy (non-hydrogen) atoms. The summed E-state index contributed by atoms with van der Waals surface area (Å²) >= 11 is 2.17. The van der Waals surface area contributed by atoms with Crippen LogP contribution in [0.4, 0.5) is 0 Å². The maximum Gasteiger partial charge on any atom is 0.236 e. The van der Waals surface area contributed by atoms with Gasteiger partial charge in [-0.05, 0) is 29.8 Å². The summed E-state index contributed by atoms with van der Waals surface area (Å²) in [5.74, 6) is -0.125. The van der Waals surface area contributed by atoms with Gasteiger partial charge < -0.3 is 4.90 Å². The summed E-state index contributed by atoms with van der Waals surface area (Å²) in [6, 6.07) is 9.40. The molecule has 2 atom stereocenters. The molecule has 0 N–H and O–H groups in total. The predicted octanol–water partition coefficient (Wildman–Crippen LogP) is 2.35. The average molecular weight is 404 g/mol. The molecular weight excluding hydrogens is 391 g/mol. The standard InChI is InChI=1S/C17H13IN2O2/c1-20-16(22)15(18)14(12-4-2-11(10-19)3-5-12)17(20)8-6-13(21)7-9-17/h2-9,14-15H,1H3. The molecule has 1 saturated heterocycles. The molecule has 4 nitrogen and oxygen atoms in total. The molecule has 2 aliphatic rings. The largest absolute Gasteiger partial charge is 0.331 e. The molecular formula is C17H13IN2O2. The summed E-state index contributed by atoms with van der Waals surface area (Å²) in [6.45, 7) is 0. The number of nitrogens with zero attached hydrogens (tertiary/aromatic N) is 2. The predicted molar refractivity (Wildman–Crippen MR) is 90.5 cm³/mol. The van der Waals surface area contributed by atoms with Crippen molar-refractivity contribution in [3.8, 4) is 6.07 Å². The zero-order valence-corrected chi connectivity index (χ0v) is 14.0. The van der Waals surface area contributed by atoms with Crippen LogP contribution in [0.15, 0.2) is 48.6 Å². The van der Waals surface area contributed by atoms with Crippen molar-refractivity contribution in [3.05, 3.63) is 59.7 Å². The molecule has 1 aromatic carbocycles. The molecule has 0 bridgehead atoms. The average Bonchev–Trinajstić information content (AvgIpc) is 2.72. The van der Waals surface area contributed by atoms with Crippen LogP contribution in [-0.4, -0.2) is 33.1 Å². The number of allylic oxidation sites excluding steroid dienone is 2. The number of hydrogen-bond donors (Lipinski definition) is 0. The SMILES string of the molecule is CN1C(=O)C(I)C(c2ccc(C#N)cc2)C12C=CC(=O)C=C2. The van der Waals surface area contributed by atoms with Crippen LogP contribution in [0.2, 0.25) is 0 Å². The Bertz CT molecular complexity index is 727. The zero-order chi connectivity index (χ0) is 15.9. The second kappa shape index (κ2) is 5.36. The number of hydrogen-bond acceptors (Lipinski definition) is 3. The van der Waals surface area contributed by atoms with E-state index < -0.39 is 5.54 Å². The summed E-state index contributed by atoms with van der Waals surface area (Å²) < 4.78 is -0.224. The van der Waals surface area contributed by atoms with Gasteiger partial charge in [0.2, 0.25) is 5.91 Å². The monoisotopic (exact) mass is 404 g/mol. The van der Waals surface area contributed by atoms with E-state index >= 15 is 0 Å². The fraction of sp³-hybridized carbons (Fsp3) is 0.235. The number of nitriles is 1. The van der Waals surface area contributed by atoms with Gasteiger partial charge in [-0.2, -0.15) is 5.26 Å². The fourth-order valence-electron chi connectivity index (χ4n) is 3.14. The minimum atomic E-state index is -0.620. The lowest BCUT2D eigenvalue weighted by Gasteiger charge is -2.37. The maximum absolute atomic E-state index is 12.5. The van der Waals surface area contributed by atoms with Crippen LogP contribution in [0.3, 0.4) is 0 Å². The van der Waals surface area contributed by atoms with Crippen molar-refractivity contribution >= 4 is 34.3 Å². The third-order valence-electron chi connectivity index (χ3n) is 4.37. The van der Waals surface area contributed by atoms with Gasteiger partial charge in [-0.3, -0.25) is 9.59 Å². The van der Waals surface area contributed by atoms with Gasteiger partial charge in [-0.25, -0.2) is 0 Å². The van der Waals surface area contributed by atoms with Gasteiger partial charge in [-0.1, -0.05) is 46.9 Å². The van der Waals surface area contributed by atoms with Gasteiger partial charge in [0.25, 0.3) is 0 Å². The number of carbonyl (C=O) groups excluding carboxylic acids is 2. The smallest absolute Gasteiger partial charge is 0.236 e. The highest BCUT2D eigenvalue weighted by Crippen LogP contribution is 2.48. The summed E-state index contributed by atoms with van der Waals surface area (Å²) in [7, 11) is 1.77. The second-order valence-electron chi connectivity index (χ2n) is 5.47. The lowest BCUT2D eigenvalue weighted by Crippen LogP contribution is -2.44. The minimum absolute atomic E-state index is 0.0404. The number of ketones is 1. The van der Waals surface area contributed by atoms with Crippen molar-refractivity contribution in [1.29, 1.82) is 5.26 Å². The molecule has 0 saturated carbocycles. The number of amides is 1. The number of carbonyl (C=O) groups is 2. The number of alkyl halides is 1. The number of benzene rings is 1. The normalized spacial score (nSPS) is 25.8. The van der Waals surface area contributed by atoms with Crippen LogP contribution in [0.1, 0.15) is 17.0 Å². The Balaban J connectivity index is 2.12. The zero-order valence-electron chi connectivity index (χ0n) is 11.9. The summed E-state index contributed by atoms with van der Waals surface area (Å²) in [5, 5.41) is 8.93. The fourth-order valence-corrected chi connectivity index (χ4v) is 4.54. The van der Waals surface area contributed by atoms with E-state index in [0.29, 0.717) is 5.56 Å². The Hall–Kier alpha value is -1.94. The van der Waals surface area contributed by atoms with Crippen molar-refractivity contribution in [2.45, 2.75) is 15.4 Å². The Morgan fingerprint density at radius 2 is 1.77 bits per heavy atom. The lowest BCUT2D eigenvalue weighted by atomic mass is 9.77. The molecule has 3 rings (SSSR count). The molecule has 1 fully saturated rings. The molecule has 1 amide bonds. The van der Waals surface area contributed by atoms with E-state index in [4.69, 9.17) is 5.26 Å². The molecule has 110 valence electrons. The second-order valence-corrected chi connectivity index (χ2v) is 6.81. The van der Waals surface area contributed by atoms with E-state index in [9.17, 15) is 9.59 Å². The molecule has 5 heteroatoms. The van der Waals surface area contributed by atoms with Crippen molar-refractivity contribution in [1.82, 2.24) is 4.90 Å². The van der Waals surface area contributed by atoms with Crippen LogP contribution >= 0.6 is 22.6 Å². The number of likely N-dealkylation sites (N-methyl/N-ethyl adjacent to an activating group) is 1. The van der Waals surface area contributed by atoms with Crippen molar-refractivity contribution < 1.29 is 9.59 Å². The molecule has 1 heterocycles. The molecule has 1 aliphatic carbocycles. The Kier molecular flexibility index (Phi) is 3.65. The Morgan fingerprint density at radius 1 is 1.18 bits per heavy atom. The van der Waals surface area contributed by atoms with Gasteiger partial charge in [0.05, 0.1) is 21.1 Å². The first-order chi connectivity index (χ1) is 10.5. The van der Waals surface area contributed by atoms with E-state index in [1.54, 1.807) is 24.1 Å². The first kappa shape index (κ1) is 15.0. The summed E-state index contributed by atoms with van der Waals surface area (Å²) in [5.41, 5.74) is 0.954. The summed E-state index contributed by atoms with van der Waals surface area (Å²) in [4.78, 5) is 25.7. The lowest BCUT2D eigenvalue weighted by molar-refractivity contribution is -0.127. The highest BCUT2D eigenvalue weighted by atomic mass is 127. The third-order valence-corrected chi connectivity index (χ3v) is 5.62. The van der Waals surface area contributed by atoms with Crippen LogP contribution < -0.4 is 0 Å². The van der Waals surface area contributed by atoms with E-state index in [-0.39, 0.29) is 21.5 Å². The Labute approximate surface area is 142 Å². The van der Waals surface area contributed by atoms with Crippen molar-refractivity contribution in [2.75, 3.05) is 7.05 Å². The van der Waals surface area contributed by atoms with Crippen LogP contribution in [0.5, 0.6) is 0 Å². The molecule has 0 aromatic heterocycles. The first-order valence-corrected chi connectivity index (χ1v) is 8.08. The highest BCUT2D eigenvalue weighted by molar-refractivity contribution is 14.1. The van der Waals surface area contributed by atoms with E-state index in [1.165, 1.54) is 12.2 Å². The van der Waals surface area contributed by atoms with Crippen molar-refractivity contribution in [3.63, 3.8) is 0 Å². The maximum atomic E-state index is 12.5. The van der Waals surface area contributed by atoms with Crippen LogP contribution in [0.25, 0.3) is 0 Å². The Morgan fingerprint density at radius 3 is 2.32 bits per heavy atom.